The number of rotatable bonds is 5. The van der Waals surface area contributed by atoms with Gasteiger partial charge in [0, 0.05) is 11.8 Å². The van der Waals surface area contributed by atoms with E-state index in [4.69, 9.17) is 15.2 Å². The number of carbonyl (C=O) groups is 1. The third-order valence-electron chi connectivity index (χ3n) is 4.56. The van der Waals surface area contributed by atoms with Crippen LogP contribution in [0.25, 0.3) is 6.08 Å². The Morgan fingerprint density at radius 2 is 2.20 bits per heavy atom. The minimum atomic E-state index is -1.40. The predicted molar refractivity (Wildman–Crippen MR) is 87.3 cm³/mol. The molecule has 3 rings (SSSR count). The van der Waals surface area contributed by atoms with Crippen LogP contribution in [-0.4, -0.2) is 50.1 Å². The largest absolute Gasteiger partial charge is 0.462 e. The Kier molecular flexibility index (Phi) is 4.89. The molecular formula is C16H21N3O6. The fourth-order valence-corrected chi connectivity index (χ4v) is 2.85. The first kappa shape index (κ1) is 17.6. The maximum Gasteiger partial charge on any atom is 0.351 e. The van der Waals surface area contributed by atoms with E-state index >= 15 is 0 Å². The number of aromatic nitrogens is 2. The van der Waals surface area contributed by atoms with Gasteiger partial charge in [0.1, 0.15) is 24.1 Å². The number of hydrogen-bond donors (Lipinski definition) is 3. The molecule has 1 aliphatic heterocycles. The number of ether oxygens (including phenoxy) is 2. The summed E-state index contributed by atoms with van der Waals surface area (Å²) in [6.07, 6.45) is 0.251. The molecule has 0 radical (unpaired) electrons. The van der Waals surface area contributed by atoms with Crippen molar-refractivity contribution in [1.29, 1.82) is 0 Å². The SMILES string of the molecule is C=Cc1cn([C@@H]2O[C@H](CC(=O)OC3CCC3)[C@@H](O)[C@H]2O)c(=O)nc1N. The molecule has 4 atom stereocenters. The second kappa shape index (κ2) is 6.95. The van der Waals surface area contributed by atoms with Gasteiger partial charge in [0.05, 0.1) is 12.5 Å². The Hall–Kier alpha value is -2.23. The molecule has 9 heteroatoms. The normalized spacial score (nSPS) is 29.2. The van der Waals surface area contributed by atoms with Gasteiger partial charge in [-0.1, -0.05) is 12.7 Å². The molecular weight excluding hydrogens is 330 g/mol. The number of carbonyl (C=O) groups excluding carboxylic acids is 1. The van der Waals surface area contributed by atoms with Crippen LogP contribution in [-0.2, 0) is 14.3 Å². The summed E-state index contributed by atoms with van der Waals surface area (Å²) in [6, 6.07) is 0. The number of hydrogen-bond acceptors (Lipinski definition) is 8. The molecule has 0 amide bonds. The van der Waals surface area contributed by atoms with Crippen molar-refractivity contribution in [2.45, 2.75) is 56.3 Å². The second-order valence-corrected chi connectivity index (χ2v) is 6.27. The number of nitrogens with two attached hydrogens (primary N) is 1. The number of nitrogens with zero attached hydrogens (tertiary/aromatic N) is 2. The molecule has 1 aromatic rings. The van der Waals surface area contributed by atoms with Crippen molar-refractivity contribution in [3.63, 3.8) is 0 Å². The number of anilines is 1. The van der Waals surface area contributed by atoms with E-state index in [1.54, 1.807) is 0 Å². The van der Waals surface area contributed by atoms with Crippen LogP contribution in [0.1, 0.15) is 37.5 Å². The molecule has 0 spiro atoms. The van der Waals surface area contributed by atoms with Gasteiger partial charge < -0.3 is 25.4 Å². The summed E-state index contributed by atoms with van der Waals surface area (Å²) in [6.45, 7) is 3.57. The maximum atomic E-state index is 12.0. The summed E-state index contributed by atoms with van der Waals surface area (Å²) in [5, 5.41) is 20.4. The number of esters is 1. The molecule has 136 valence electrons. The van der Waals surface area contributed by atoms with E-state index in [9.17, 15) is 19.8 Å². The Balaban J connectivity index is 1.74. The summed E-state index contributed by atoms with van der Waals surface area (Å²) in [5.41, 5.74) is 5.26. The van der Waals surface area contributed by atoms with Crippen molar-refractivity contribution in [3.8, 4) is 0 Å². The van der Waals surface area contributed by atoms with Gasteiger partial charge in [-0.15, -0.1) is 0 Å². The van der Waals surface area contributed by atoms with E-state index in [2.05, 4.69) is 11.6 Å². The Morgan fingerprint density at radius 3 is 2.80 bits per heavy atom. The Bertz CT molecular complexity index is 729. The molecule has 4 N–H and O–H groups in total. The summed E-state index contributed by atoms with van der Waals surface area (Å²) in [5.74, 6) is -0.499. The van der Waals surface area contributed by atoms with Crippen LogP contribution >= 0.6 is 0 Å². The van der Waals surface area contributed by atoms with Gasteiger partial charge >= 0.3 is 11.7 Å². The fraction of sp³-hybridized carbons (Fsp3) is 0.562. The van der Waals surface area contributed by atoms with Gasteiger partial charge in [0.25, 0.3) is 0 Å². The van der Waals surface area contributed by atoms with Gasteiger partial charge in [-0.2, -0.15) is 4.98 Å². The average Bonchev–Trinajstić information content (AvgIpc) is 2.80. The lowest BCUT2D eigenvalue weighted by atomic mass is 9.96. The molecule has 1 saturated carbocycles. The second-order valence-electron chi connectivity index (χ2n) is 6.27. The first-order chi connectivity index (χ1) is 11.9. The van der Waals surface area contributed by atoms with Crippen LogP contribution in [0, 0.1) is 0 Å². The van der Waals surface area contributed by atoms with Gasteiger partial charge in [-0.3, -0.25) is 9.36 Å². The molecule has 2 fully saturated rings. The zero-order valence-electron chi connectivity index (χ0n) is 13.6. The summed E-state index contributed by atoms with van der Waals surface area (Å²) in [7, 11) is 0. The minimum Gasteiger partial charge on any atom is -0.462 e. The minimum absolute atomic E-state index is 0.00455. The monoisotopic (exact) mass is 351 g/mol. The molecule has 0 bridgehead atoms. The zero-order valence-corrected chi connectivity index (χ0v) is 13.6. The van der Waals surface area contributed by atoms with Gasteiger partial charge in [0.15, 0.2) is 6.23 Å². The maximum absolute atomic E-state index is 12.0. The van der Waals surface area contributed by atoms with Crippen LogP contribution in [0.4, 0.5) is 5.82 Å². The van der Waals surface area contributed by atoms with Gasteiger partial charge in [0.2, 0.25) is 0 Å². The molecule has 0 aromatic carbocycles. The standard InChI is InChI=1S/C16H21N3O6/c1-2-8-7-19(16(23)18-14(8)17)15-13(22)12(21)10(25-15)6-11(20)24-9-4-3-5-9/h2,7,9-10,12-13,15,21-22H,1,3-6H2,(H2,17,18,23)/t10-,12-,13-,15-/m1/s1. The molecule has 1 aromatic heterocycles. The van der Waals surface area contributed by atoms with Gasteiger partial charge in [-0.05, 0) is 19.3 Å². The van der Waals surface area contributed by atoms with Gasteiger partial charge in [-0.25, -0.2) is 4.79 Å². The number of nitrogen functional groups attached to an aromatic ring is 1. The molecule has 2 heterocycles. The highest BCUT2D eigenvalue weighted by molar-refractivity contribution is 5.70. The Labute approximate surface area is 143 Å². The molecule has 0 unspecified atom stereocenters. The smallest absolute Gasteiger partial charge is 0.351 e. The van der Waals surface area contributed by atoms with E-state index in [0.717, 1.165) is 23.8 Å². The van der Waals surface area contributed by atoms with Crippen molar-refractivity contribution < 1.29 is 24.5 Å². The molecule has 1 saturated heterocycles. The topological polar surface area (TPSA) is 137 Å². The van der Waals surface area contributed by atoms with Crippen LogP contribution in [0.15, 0.2) is 17.6 Å². The lowest BCUT2D eigenvalue weighted by Gasteiger charge is -2.26. The molecule has 9 nitrogen and oxygen atoms in total. The summed E-state index contributed by atoms with van der Waals surface area (Å²) < 4.78 is 11.8. The molecule has 1 aliphatic carbocycles. The van der Waals surface area contributed by atoms with Crippen LogP contribution in [0.2, 0.25) is 0 Å². The third-order valence-corrected chi connectivity index (χ3v) is 4.56. The summed E-state index contributed by atoms with van der Waals surface area (Å²) >= 11 is 0. The number of aliphatic hydroxyl groups excluding tert-OH is 2. The third kappa shape index (κ3) is 3.44. The van der Waals surface area contributed by atoms with Crippen LogP contribution in [0.5, 0.6) is 0 Å². The highest BCUT2D eigenvalue weighted by atomic mass is 16.6. The first-order valence-electron chi connectivity index (χ1n) is 8.13. The zero-order chi connectivity index (χ0) is 18.1. The first-order valence-corrected chi connectivity index (χ1v) is 8.13. The lowest BCUT2D eigenvalue weighted by Crippen LogP contribution is -2.36. The van der Waals surface area contributed by atoms with E-state index in [1.807, 2.05) is 0 Å². The van der Waals surface area contributed by atoms with Crippen molar-refractivity contribution in [2.24, 2.45) is 0 Å². The molecule has 25 heavy (non-hydrogen) atoms. The van der Waals surface area contributed by atoms with Crippen molar-refractivity contribution >= 4 is 17.9 Å². The Morgan fingerprint density at radius 1 is 1.48 bits per heavy atom. The molecule has 2 aliphatic rings. The van der Waals surface area contributed by atoms with Crippen molar-refractivity contribution in [3.05, 3.63) is 28.8 Å². The van der Waals surface area contributed by atoms with E-state index in [0.29, 0.717) is 5.56 Å². The van der Waals surface area contributed by atoms with Crippen LogP contribution in [0.3, 0.4) is 0 Å². The van der Waals surface area contributed by atoms with E-state index in [1.165, 1.54) is 12.3 Å². The quantitative estimate of drug-likeness (QED) is 0.608. The van der Waals surface area contributed by atoms with Crippen molar-refractivity contribution in [2.75, 3.05) is 5.73 Å². The highest BCUT2D eigenvalue weighted by Crippen LogP contribution is 2.31. The van der Waals surface area contributed by atoms with Crippen molar-refractivity contribution in [1.82, 2.24) is 9.55 Å². The van der Waals surface area contributed by atoms with Crippen LogP contribution < -0.4 is 11.4 Å². The number of aliphatic hydroxyl groups is 2. The fourth-order valence-electron chi connectivity index (χ4n) is 2.85. The average molecular weight is 351 g/mol. The predicted octanol–water partition coefficient (Wildman–Crippen LogP) is -0.426. The summed E-state index contributed by atoms with van der Waals surface area (Å²) in [4.78, 5) is 27.6. The lowest BCUT2D eigenvalue weighted by molar-refractivity contribution is -0.157. The van der Waals surface area contributed by atoms with E-state index in [-0.39, 0.29) is 18.3 Å². The highest BCUT2D eigenvalue weighted by Gasteiger charge is 2.45. The van der Waals surface area contributed by atoms with E-state index < -0.39 is 36.2 Å².